The maximum absolute atomic E-state index is 14.3. The third kappa shape index (κ3) is 2.29. The van der Waals surface area contributed by atoms with Crippen molar-refractivity contribution >= 4 is 16.7 Å². The van der Waals surface area contributed by atoms with Gasteiger partial charge in [0.2, 0.25) is 0 Å². The molecule has 1 aromatic carbocycles. The average Bonchev–Trinajstić information content (AvgIpc) is 3.00. The van der Waals surface area contributed by atoms with E-state index in [9.17, 15) is 9.50 Å². The highest BCUT2D eigenvalue weighted by molar-refractivity contribution is 5.90. The molecule has 0 spiro atoms. The lowest BCUT2D eigenvalue weighted by Gasteiger charge is -2.40. The molecule has 2 aliphatic rings. The van der Waals surface area contributed by atoms with E-state index in [1.165, 1.54) is 12.4 Å². The number of fused-ring (bicyclic) bond motifs is 2. The molecule has 2 fully saturated rings. The molecule has 122 valence electrons. The first-order chi connectivity index (χ1) is 11.1. The van der Waals surface area contributed by atoms with Crippen LogP contribution < -0.4 is 4.90 Å². The molecule has 1 aliphatic carbocycles. The van der Waals surface area contributed by atoms with Gasteiger partial charge in [0, 0.05) is 19.0 Å². The van der Waals surface area contributed by atoms with E-state index in [0.29, 0.717) is 22.6 Å². The molecular formula is C18H22FN3O. The van der Waals surface area contributed by atoms with Crippen molar-refractivity contribution in [1.29, 1.82) is 0 Å². The normalized spacial score (nSPS) is 30.7. The lowest BCUT2D eigenvalue weighted by molar-refractivity contribution is -0.0597. The zero-order valence-corrected chi connectivity index (χ0v) is 13.4. The Morgan fingerprint density at radius 1 is 1.35 bits per heavy atom. The Morgan fingerprint density at radius 2 is 2.22 bits per heavy atom. The second-order valence-electron chi connectivity index (χ2n) is 6.95. The number of halogens is 1. The van der Waals surface area contributed by atoms with Gasteiger partial charge in [-0.1, -0.05) is 19.4 Å². The summed E-state index contributed by atoms with van der Waals surface area (Å²) in [6.45, 7) is 3.65. The Hall–Kier alpha value is -1.75. The summed E-state index contributed by atoms with van der Waals surface area (Å²) in [7, 11) is 0. The summed E-state index contributed by atoms with van der Waals surface area (Å²) in [5.41, 5.74) is 0.0506. The van der Waals surface area contributed by atoms with E-state index in [1.807, 2.05) is 6.07 Å². The van der Waals surface area contributed by atoms with Gasteiger partial charge in [0.25, 0.3) is 0 Å². The molecule has 23 heavy (non-hydrogen) atoms. The molecule has 2 aromatic rings. The largest absolute Gasteiger partial charge is 0.390 e. The maximum Gasteiger partial charge on any atom is 0.142 e. The van der Waals surface area contributed by atoms with Crippen LogP contribution in [-0.4, -0.2) is 33.8 Å². The fraction of sp³-hybridized carbons (Fsp3) is 0.556. The van der Waals surface area contributed by atoms with Crippen molar-refractivity contribution in [3.8, 4) is 0 Å². The number of benzene rings is 1. The molecule has 0 radical (unpaired) electrons. The second-order valence-corrected chi connectivity index (χ2v) is 6.95. The van der Waals surface area contributed by atoms with Crippen molar-refractivity contribution in [2.24, 2.45) is 11.8 Å². The number of rotatable bonds is 2. The van der Waals surface area contributed by atoms with E-state index in [-0.39, 0.29) is 11.7 Å². The second kappa shape index (κ2) is 5.41. The number of nitrogens with zero attached hydrogens (tertiary/aromatic N) is 3. The number of aromatic nitrogens is 2. The molecule has 3 atom stereocenters. The lowest BCUT2D eigenvalue weighted by Crippen LogP contribution is -2.44. The predicted molar refractivity (Wildman–Crippen MR) is 87.8 cm³/mol. The third-order valence-corrected chi connectivity index (χ3v) is 5.82. The quantitative estimate of drug-likeness (QED) is 0.925. The number of anilines is 1. The van der Waals surface area contributed by atoms with E-state index < -0.39 is 5.60 Å². The standard InChI is InChI=1S/C18H22FN3O/c1-2-18(23)8-4-5-12-9-22(10-13(12)18)17-16-14(19)6-3-7-15(16)20-11-21-17/h3,6-7,11-13,23H,2,4-5,8-10H2,1H3/t12-,13+,18-/m0/s1. The van der Waals surface area contributed by atoms with Crippen LogP contribution in [0.3, 0.4) is 0 Å². The van der Waals surface area contributed by atoms with Gasteiger partial charge < -0.3 is 10.0 Å². The first-order valence-corrected chi connectivity index (χ1v) is 8.49. The SMILES string of the molecule is CC[C@]1(O)CCC[C@H]2CN(c3ncnc4cccc(F)c34)C[C@H]21. The van der Waals surface area contributed by atoms with Crippen LogP contribution in [0.2, 0.25) is 0 Å². The monoisotopic (exact) mass is 315 g/mol. The van der Waals surface area contributed by atoms with Crippen LogP contribution >= 0.6 is 0 Å². The summed E-state index contributed by atoms with van der Waals surface area (Å²) in [6, 6.07) is 4.95. The topological polar surface area (TPSA) is 49.2 Å². The number of aliphatic hydroxyl groups is 1. The molecule has 4 nitrogen and oxygen atoms in total. The summed E-state index contributed by atoms with van der Waals surface area (Å²) in [4.78, 5) is 10.7. The van der Waals surface area contributed by atoms with E-state index in [1.54, 1.807) is 6.07 Å². The molecule has 4 rings (SSSR count). The van der Waals surface area contributed by atoms with Gasteiger partial charge in [-0.2, -0.15) is 0 Å². The van der Waals surface area contributed by atoms with E-state index in [4.69, 9.17) is 0 Å². The van der Waals surface area contributed by atoms with Crippen LogP contribution in [0.5, 0.6) is 0 Å². The van der Waals surface area contributed by atoms with Crippen molar-refractivity contribution in [3.05, 3.63) is 30.3 Å². The molecule has 1 aliphatic heterocycles. The molecule has 0 bridgehead atoms. The zero-order valence-electron chi connectivity index (χ0n) is 13.4. The Bertz CT molecular complexity index is 732. The molecule has 5 heteroatoms. The molecule has 0 amide bonds. The van der Waals surface area contributed by atoms with Gasteiger partial charge in [-0.15, -0.1) is 0 Å². The first kappa shape index (κ1) is 14.8. The smallest absolute Gasteiger partial charge is 0.142 e. The van der Waals surface area contributed by atoms with Crippen molar-refractivity contribution < 1.29 is 9.50 Å². The molecule has 1 aromatic heterocycles. The van der Waals surface area contributed by atoms with Gasteiger partial charge in [-0.05, 0) is 37.3 Å². The van der Waals surface area contributed by atoms with Crippen LogP contribution in [0.15, 0.2) is 24.5 Å². The Balaban J connectivity index is 1.73. The van der Waals surface area contributed by atoms with Gasteiger partial charge >= 0.3 is 0 Å². The minimum atomic E-state index is -0.584. The Kier molecular flexibility index (Phi) is 3.48. The van der Waals surface area contributed by atoms with Crippen LogP contribution in [-0.2, 0) is 0 Å². The van der Waals surface area contributed by atoms with E-state index in [2.05, 4.69) is 21.8 Å². The van der Waals surface area contributed by atoms with E-state index in [0.717, 1.165) is 38.8 Å². The zero-order chi connectivity index (χ0) is 16.0. The van der Waals surface area contributed by atoms with Crippen molar-refractivity contribution in [2.45, 2.75) is 38.2 Å². The molecule has 2 heterocycles. The van der Waals surface area contributed by atoms with Crippen LogP contribution in [0.4, 0.5) is 10.2 Å². The minimum absolute atomic E-state index is 0.248. The summed E-state index contributed by atoms with van der Waals surface area (Å²) in [5, 5.41) is 11.4. The lowest BCUT2D eigenvalue weighted by atomic mass is 9.69. The van der Waals surface area contributed by atoms with Crippen LogP contribution in [0.25, 0.3) is 10.9 Å². The van der Waals surface area contributed by atoms with Crippen molar-refractivity contribution in [3.63, 3.8) is 0 Å². The molecular weight excluding hydrogens is 293 g/mol. The molecule has 1 N–H and O–H groups in total. The molecule has 0 unspecified atom stereocenters. The maximum atomic E-state index is 14.3. The van der Waals surface area contributed by atoms with Gasteiger partial charge in [0.1, 0.15) is 18.0 Å². The highest BCUT2D eigenvalue weighted by Crippen LogP contribution is 2.45. The predicted octanol–water partition coefficient (Wildman–Crippen LogP) is 3.15. The fourth-order valence-electron chi connectivity index (χ4n) is 4.53. The van der Waals surface area contributed by atoms with Gasteiger partial charge in [-0.25, -0.2) is 14.4 Å². The van der Waals surface area contributed by atoms with Gasteiger partial charge in [0.05, 0.1) is 16.5 Å². The highest BCUT2D eigenvalue weighted by Gasteiger charge is 2.48. The van der Waals surface area contributed by atoms with Crippen molar-refractivity contribution in [1.82, 2.24) is 9.97 Å². The summed E-state index contributed by atoms with van der Waals surface area (Å²) in [5.74, 6) is 1.10. The number of hydrogen-bond acceptors (Lipinski definition) is 4. The average molecular weight is 315 g/mol. The highest BCUT2D eigenvalue weighted by atomic mass is 19.1. The third-order valence-electron chi connectivity index (χ3n) is 5.82. The number of hydrogen-bond donors (Lipinski definition) is 1. The minimum Gasteiger partial charge on any atom is -0.390 e. The summed E-state index contributed by atoms with van der Waals surface area (Å²) in [6.07, 6.45) is 5.36. The Morgan fingerprint density at radius 3 is 3.04 bits per heavy atom. The van der Waals surface area contributed by atoms with Crippen LogP contribution in [0, 0.1) is 17.7 Å². The fourth-order valence-corrected chi connectivity index (χ4v) is 4.53. The Labute approximate surface area is 135 Å². The summed E-state index contributed by atoms with van der Waals surface area (Å²) < 4.78 is 14.3. The van der Waals surface area contributed by atoms with Gasteiger partial charge in [-0.3, -0.25) is 0 Å². The molecule has 1 saturated carbocycles. The van der Waals surface area contributed by atoms with Gasteiger partial charge in [0.15, 0.2) is 0 Å². The van der Waals surface area contributed by atoms with Crippen LogP contribution in [0.1, 0.15) is 32.6 Å². The van der Waals surface area contributed by atoms with E-state index >= 15 is 0 Å². The van der Waals surface area contributed by atoms with Crippen molar-refractivity contribution in [2.75, 3.05) is 18.0 Å². The first-order valence-electron chi connectivity index (χ1n) is 8.49. The molecule has 1 saturated heterocycles. The summed E-state index contributed by atoms with van der Waals surface area (Å²) >= 11 is 0.